The van der Waals surface area contributed by atoms with Crippen LogP contribution in [0.5, 0.6) is 0 Å². The fourth-order valence-electron chi connectivity index (χ4n) is 3.18. The first-order valence-electron chi connectivity index (χ1n) is 8.36. The van der Waals surface area contributed by atoms with E-state index in [2.05, 4.69) is 0 Å². The van der Waals surface area contributed by atoms with E-state index in [4.69, 9.17) is 9.15 Å². The van der Waals surface area contributed by atoms with Crippen molar-refractivity contribution in [3.63, 3.8) is 0 Å². The van der Waals surface area contributed by atoms with E-state index in [0.717, 1.165) is 5.39 Å². The van der Waals surface area contributed by atoms with Gasteiger partial charge in [-0.25, -0.2) is 13.2 Å². The summed E-state index contributed by atoms with van der Waals surface area (Å²) in [5.41, 5.74) is 1.23. The summed E-state index contributed by atoms with van der Waals surface area (Å²) in [5.74, 6) is -1.07. The van der Waals surface area contributed by atoms with Gasteiger partial charge in [0.25, 0.3) is 5.91 Å². The first-order chi connectivity index (χ1) is 12.2. The number of fused-ring (bicyclic) bond motifs is 1. The quantitative estimate of drug-likeness (QED) is 0.754. The Morgan fingerprint density at radius 2 is 2.00 bits per heavy atom. The zero-order valence-corrected chi connectivity index (χ0v) is 15.7. The molecule has 1 aliphatic rings. The van der Waals surface area contributed by atoms with Gasteiger partial charge in [0.15, 0.2) is 15.9 Å². The Bertz CT molecular complexity index is 961. The van der Waals surface area contributed by atoms with E-state index in [0.29, 0.717) is 17.6 Å². The minimum Gasteiger partial charge on any atom is -0.449 e. The molecule has 1 fully saturated rings. The second-order valence-electron chi connectivity index (χ2n) is 6.61. The first-order valence-corrected chi connectivity index (χ1v) is 10.2. The maximum absolute atomic E-state index is 12.5. The lowest BCUT2D eigenvalue weighted by Crippen LogP contribution is -2.44. The summed E-state index contributed by atoms with van der Waals surface area (Å²) >= 11 is 0. The third-order valence-corrected chi connectivity index (χ3v) is 6.51. The van der Waals surface area contributed by atoms with E-state index < -0.39 is 27.8 Å². The maximum atomic E-state index is 12.5. The predicted octanol–water partition coefficient (Wildman–Crippen LogP) is 1.93. The van der Waals surface area contributed by atoms with E-state index in [-0.39, 0.29) is 23.3 Å². The molecule has 0 radical (unpaired) electrons. The Hall–Kier alpha value is -2.35. The number of furan rings is 1. The van der Waals surface area contributed by atoms with Crippen LogP contribution in [0.3, 0.4) is 0 Å². The van der Waals surface area contributed by atoms with E-state index in [9.17, 15) is 18.0 Å². The summed E-state index contributed by atoms with van der Waals surface area (Å²) in [6.07, 6.45) is -0.642. The van der Waals surface area contributed by atoms with E-state index >= 15 is 0 Å². The summed E-state index contributed by atoms with van der Waals surface area (Å²) in [4.78, 5) is 26.3. The molecule has 0 aliphatic carbocycles. The van der Waals surface area contributed by atoms with E-state index in [1.807, 2.05) is 12.1 Å². The number of carbonyl (C=O) groups excluding carboxylic acids is 2. The molecular weight excluding hydrogens is 358 g/mol. The van der Waals surface area contributed by atoms with Crippen molar-refractivity contribution in [2.45, 2.75) is 32.4 Å². The van der Waals surface area contributed by atoms with Gasteiger partial charge in [-0.3, -0.25) is 4.79 Å². The molecule has 1 saturated heterocycles. The smallest absolute Gasteiger partial charge is 0.375 e. The molecule has 0 unspecified atom stereocenters. The highest BCUT2D eigenvalue weighted by Crippen LogP contribution is 2.26. The largest absolute Gasteiger partial charge is 0.449 e. The van der Waals surface area contributed by atoms with Gasteiger partial charge >= 0.3 is 5.97 Å². The summed E-state index contributed by atoms with van der Waals surface area (Å²) in [6, 6.07) is 6.85. The van der Waals surface area contributed by atoms with Crippen molar-refractivity contribution in [1.82, 2.24) is 4.90 Å². The number of hydrogen-bond acceptors (Lipinski definition) is 6. The maximum Gasteiger partial charge on any atom is 0.375 e. The van der Waals surface area contributed by atoms with Gasteiger partial charge in [0.1, 0.15) is 5.58 Å². The van der Waals surface area contributed by atoms with Crippen LogP contribution in [0, 0.1) is 6.92 Å². The molecule has 0 spiro atoms. The number of likely N-dealkylation sites (N-methyl/N-ethyl adjacent to an activating group) is 1. The van der Waals surface area contributed by atoms with Gasteiger partial charge in [0.2, 0.25) is 5.76 Å². The topological polar surface area (TPSA) is 93.9 Å². The SMILES string of the molecule is Cc1c(C(=O)O[C@H](C)C(=O)N(C)[C@@H]2CCS(=O)(=O)C2)oc2ccccc12. The number of sulfone groups is 1. The Morgan fingerprint density at radius 3 is 2.62 bits per heavy atom. The van der Waals surface area contributed by atoms with Crippen LogP contribution >= 0.6 is 0 Å². The molecule has 3 rings (SSSR count). The van der Waals surface area contributed by atoms with Gasteiger partial charge < -0.3 is 14.1 Å². The lowest BCUT2D eigenvalue weighted by Gasteiger charge is -2.26. The van der Waals surface area contributed by atoms with Gasteiger partial charge in [0.05, 0.1) is 11.5 Å². The summed E-state index contributed by atoms with van der Waals surface area (Å²) in [5, 5.41) is 0.812. The number of carbonyl (C=O) groups is 2. The normalized spacial score (nSPS) is 20.0. The number of para-hydroxylation sites is 1. The fraction of sp³-hybridized carbons (Fsp3) is 0.444. The Kier molecular flexibility index (Phi) is 4.79. The molecule has 8 heteroatoms. The van der Waals surface area contributed by atoms with Crippen LogP contribution in [0.25, 0.3) is 11.0 Å². The van der Waals surface area contributed by atoms with Crippen molar-refractivity contribution in [1.29, 1.82) is 0 Å². The first kappa shape index (κ1) is 18.4. The Morgan fingerprint density at radius 1 is 1.31 bits per heavy atom. The van der Waals surface area contributed by atoms with Crippen molar-refractivity contribution in [2.24, 2.45) is 0 Å². The number of esters is 1. The van der Waals surface area contributed by atoms with Crippen LogP contribution in [-0.2, 0) is 19.4 Å². The number of benzene rings is 1. The van der Waals surface area contributed by atoms with Crippen molar-refractivity contribution >= 4 is 32.7 Å². The molecule has 1 aromatic heterocycles. The third-order valence-electron chi connectivity index (χ3n) is 4.76. The fourth-order valence-corrected chi connectivity index (χ4v) is 4.96. The van der Waals surface area contributed by atoms with Crippen LogP contribution in [0.15, 0.2) is 28.7 Å². The number of hydrogen-bond donors (Lipinski definition) is 0. The molecular formula is C18H21NO6S. The van der Waals surface area contributed by atoms with E-state index in [1.54, 1.807) is 19.1 Å². The average molecular weight is 379 g/mol. The van der Waals surface area contributed by atoms with Gasteiger partial charge in [-0.15, -0.1) is 0 Å². The second kappa shape index (κ2) is 6.75. The zero-order valence-electron chi connectivity index (χ0n) is 14.9. The van der Waals surface area contributed by atoms with E-state index in [1.165, 1.54) is 18.9 Å². The van der Waals surface area contributed by atoms with Crippen molar-refractivity contribution in [2.75, 3.05) is 18.6 Å². The van der Waals surface area contributed by atoms with Crippen LogP contribution in [0.1, 0.15) is 29.5 Å². The highest BCUT2D eigenvalue weighted by molar-refractivity contribution is 7.91. The average Bonchev–Trinajstić information content (AvgIpc) is 3.13. The molecule has 7 nitrogen and oxygen atoms in total. The minimum absolute atomic E-state index is 0.0570. The van der Waals surface area contributed by atoms with Crippen LogP contribution in [0.4, 0.5) is 0 Å². The predicted molar refractivity (Wildman–Crippen MR) is 95.7 cm³/mol. The number of aryl methyl sites for hydroxylation is 1. The number of rotatable bonds is 4. The molecule has 1 amide bonds. The van der Waals surface area contributed by atoms with Crippen LogP contribution < -0.4 is 0 Å². The lowest BCUT2D eigenvalue weighted by molar-refractivity contribution is -0.140. The molecule has 1 aliphatic heterocycles. The molecule has 0 N–H and O–H groups in total. The molecule has 0 bridgehead atoms. The van der Waals surface area contributed by atoms with Gasteiger partial charge in [-0.1, -0.05) is 18.2 Å². The van der Waals surface area contributed by atoms with Crippen molar-refractivity contribution in [3.05, 3.63) is 35.6 Å². The Balaban J connectivity index is 1.70. The summed E-state index contributed by atoms with van der Waals surface area (Å²) in [6.45, 7) is 3.22. The number of amides is 1. The van der Waals surface area contributed by atoms with Crippen LogP contribution in [-0.4, -0.2) is 55.9 Å². The van der Waals surface area contributed by atoms with Crippen molar-refractivity contribution < 1.29 is 27.2 Å². The highest BCUT2D eigenvalue weighted by atomic mass is 32.2. The molecule has 140 valence electrons. The van der Waals surface area contributed by atoms with Gasteiger partial charge in [0, 0.05) is 24.0 Å². The molecule has 0 saturated carbocycles. The molecule has 1 aromatic carbocycles. The number of nitrogens with zero attached hydrogens (tertiary/aromatic N) is 1. The van der Waals surface area contributed by atoms with Crippen LogP contribution in [0.2, 0.25) is 0 Å². The standard InChI is InChI=1S/C18H21NO6S/c1-11-14-6-4-5-7-15(14)25-16(11)18(21)24-12(2)17(20)19(3)13-8-9-26(22,23)10-13/h4-7,12-13H,8-10H2,1-3H3/t12-,13-/m1/s1. The zero-order chi connectivity index (χ0) is 19.1. The summed E-state index contributed by atoms with van der Waals surface area (Å²) < 4.78 is 34.0. The highest BCUT2D eigenvalue weighted by Gasteiger charge is 2.35. The molecule has 2 aromatic rings. The number of ether oxygens (including phenoxy) is 1. The minimum atomic E-state index is -3.10. The lowest BCUT2D eigenvalue weighted by atomic mass is 10.1. The van der Waals surface area contributed by atoms with Crippen molar-refractivity contribution in [3.8, 4) is 0 Å². The van der Waals surface area contributed by atoms with Gasteiger partial charge in [-0.05, 0) is 26.3 Å². The second-order valence-corrected chi connectivity index (χ2v) is 8.83. The third kappa shape index (κ3) is 3.46. The monoisotopic (exact) mass is 379 g/mol. The summed E-state index contributed by atoms with van der Waals surface area (Å²) in [7, 11) is -1.57. The molecule has 26 heavy (non-hydrogen) atoms. The molecule has 2 atom stereocenters. The van der Waals surface area contributed by atoms with Gasteiger partial charge in [-0.2, -0.15) is 0 Å². The molecule has 2 heterocycles. The Labute approximate surface area is 151 Å².